The summed E-state index contributed by atoms with van der Waals surface area (Å²) in [7, 11) is 2.82. The highest BCUT2D eigenvalue weighted by atomic mass is 35.5. The van der Waals surface area contributed by atoms with E-state index in [0.29, 0.717) is 12.0 Å². The number of benzene rings is 1. The van der Waals surface area contributed by atoms with E-state index in [0.717, 1.165) is 30.4 Å². The second-order valence-corrected chi connectivity index (χ2v) is 5.78. The van der Waals surface area contributed by atoms with Crippen LogP contribution in [0.5, 0.6) is 0 Å². The lowest BCUT2D eigenvalue weighted by molar-refractivity contribution is -0.0755. The summed E-state index contributed by atoms with van der Waals surface area (Å²) in [6.45, 7) is 0.654. The zero-order valence-electron chi connectivity index (χ0n) is 12.9. The van der Waals surface area contributed by atoms with Gasteiger partial charge in [-0.3, -0.25) is 9.63 Å². The summed E-state index contributed by atoms with van der Waals surface area (Å²) in [6.07, 6.45) is 4.30. The maximum Gasteiger partial charge on any atom is 0.277 e. The molecule has 0 N–H and O–H groups in total. The first-order chi connectivity index (χ1) is 11.0. The fourth-order valence-electron chi connectivity index (χ4n) is 2.64. The summed E-state index contributed by atoms with van der Waals surface area (Å²) < 4.78 is 21.4. The second kappa shape index (κ2) is 6.43. The molecular formula is C15H17ClFN3O3. The molecule has 1 atom stereocenters. The molecule has 0 spiro atoms. The number of ether oxygens (including phenoxy) is 1. The summed E-state index contributed by atoms with van der Waals surface area (Å²) in [6, 6.07) is 1.11. The topological polar surface area (TPSA) is 56.6 Å². The number of amides is 1. The number of hydrogen-bond acceptors (Lipinski definition) is 4. The summed E-state index contributed by atoms with van der Waals surface area (Å²) in [5.74, 6) is -1.17. The Labute approximate surface area is 137 Å². The molecule has 2 heterocycles. The number of fused-ring (bicyclic) bond motifs is 1. The van der Waals surface area contributed by atoms with E-state index in [1.807, 2.05) is 0 Å². The van der Waals surface area contributed by atoms with Gasteiger partial charge in [-0.25, -0.2) is 14.1 Å². The van der Waals surface area contributed by atoms with Crippen molar-refractivity contribution in [3.8, 4) is 0 Å². The fraction of sp³-hybridized carbons (Fsp3) is 0.467. The van der Waals surface area contributed by atoms with Crippen molar-refractivity contribution in [3.05, 3.63) is 28.7 Å². The average Bonchev–Trinajstić information content (AvgIpc) is 3.03. The van der Waals surface area contributed by atoms with E-state index in [9.17, 15) is 9.18 Å². The minimum atomic E-state index is -0.693. The van der Waals surface area contributed by atoms with Gasteiger partial charge in [-0.1, -0.05) is 11.6 Å². The molecule has 1 saturated heterocycles. The summed E-state index contributed by atoms with van der Waals surface area (Å²) in [5, 5.41) is 5.72. The van der Waals surface area contributed by atoms with E-state index < -0.39 is 11.7 Å². The molecule has 1 aliphatic rings. The molecule has 1 aromatic heterocycles. The molecule has 0 saturated carbocycles. The van der Waals surface area contributed by atoms with Crippen LogP contribution < -0.4 is 0 Å². The SMILES string of the molecule is CON(C)C(=O)c1cc(F)c(Cl)c2nn(C3CCCCO3)cc12. The Morgan fingerprint density at radius 2 is 2.35 bits per heavy atom. The molecule has 124 valence electrons. The number of rotatable bonds is 3. The number of aromatic nitrogens is 2. The third-order valence-corrected chi connectivity index (χ3v) is 4.31. The van der Waals surface area contributed by atoms with Crippen LogP contribution in [-0.2, 0) is 9.57 Å². The van der Waals surface area contributed by atoms with Crippen molar-refractivity contribution in [2.45, 2.75) is 25.5 Å². The lowest BCUT2D eigenvalue weighted by atomic mass is 10.1. The summed E-state index contributed by atoms with van der Waals surface area (Å²) in [5.41, 5.74) is 0.391. The van der Waals surface area contributed by atoms with Crippen LogP contribution >= 0.6 is 11.6 Å². The molecule has 1 aromatic carbocycles. The zero-order valence-corrected chi connectivity index (χ0v) is 13.6. The van der Waals surface area contributed by atoms with Crippen LogP contribution in [0.15, 0.2) is 12.3 Å². The molecule has 0 aliphatic carbocycles. The van der Waals surface area contributed by atoms with E-state index in [-0.39, 0.29) is 22.3 Å². The number of carbonyl (C=O) groups excluding carboxylic acids is 1. The van der Waals surface area contributed by atoms with Crippen molar-refractivity contribution in [1.29, 1.82) is 0 Å². The van der Waals surface area contributed by atoms with Gasteiger partial charge in [0.1, 0.15) is 22.6 Å². The highest BCUT2D eigenvalue weighted by Gasteiger charge is 2.24. The quantitative estimate of drug-likeness (QED) is 0.805. The molecule has 1 fully saturated rings. The number of hydroxylamine groups is 2. The first kappa shape index (κ1) is 16.2. The third kappa shape index (κ3) is 2.91. The van der Waals surface area contributed by atoms with Crippen LogP contribution in [0.3, 0.4) is 0 Å². The van der Waals surface area contributed by atoms with Crippen molar-refractivity contribution in [2.75, 3.05) is 20.8 Å². The van der Waals surface area contributed by atoms with Crippen molar-refractivity contribution in [3.63, 3.8) is 0 Å². The first-order valence-electron chi connectivity index (χ1n) is 7.33. The molecule has 1 amide bonds. The first-order valence-corrected chi connectivity index (χ1v) is 7.71. The normalized spacial score (nSPS) is 18.3. The Morgan fingerprint density at radius 3 is 3.00 bits per heavy atom. The maximum absolute atomic E-state index is 14.1. The van der Waals surface area contributed by atoms with E-state index in [1.54, 1.807) is 10.9 Å². The number of halogens is 2. The van der Waals surface area contributed by atoms with Crippen LogP contribution in [0, 0.1) is 5.82 Å². The van der Waals surface area contributed by atoms with Crippen molar-refractivity contribution < 1.29 is 18.8 Å². The molecular weight excluding hydrogens is 325 g/mol. The smallest absolute Gasteiger partial charge is 0.277 e. The monoisotopic (exact) mass is 341 g/mol. The minimum absolute atomic E-state index is 0.105. The van der Waals surface area contributed by atoms with Gasteiger partial charge in [0.05, 0.1) is 12.7 Å². The zero-order chi connectivity index (χ0) is 16.6. The predicted molar refractivity (Wildman–Crippen MR) is 82.6 cm³/mol. The highest BCUT2D eigenvalue weighted by molar-refractivity contribution is 6.35. The van der Waals surface area contributed by atoms with Crippen LogP contribution in [0.4, 0.5) is 4.39 Å². The number of nitrogens with zero attached hydrogens (tertiary/aromatic N) is 3. The third-order valence-electron chi connectivity index (χ3n) is 3.95. The van der Waals surface area contributed by atoms with Gasteiger partial charge >= 0.3 is 0 Å². The summed E-state index contributed by atoms with van der Waals surface area (Å²) in [4.78, 5) is 17.2. The predicted octanol–water partition coefficient (Wildman–Crippen LogP) is 3.16. The molecule has 1 unspecified atom stereocenters. The van der Waals surface area contributed by atoms with E-state index >= 15 is 0 Å². The average molecular weight is 342 g/mol. The molecule has 2 aromatic rings. The largest absolute Gasteiger partial charge is 0.357 e. The van der Waals surface area contributed by atoms with Gasteiger partial charge < -0.3 is 4.74 Å². The highest BCUT2D eigenvalue weighted by Crippen LogP contribution is 2.31. The Kier molecular flexibility index (Phi) is 4.52. The number of hydrogen-bond donors (Lipinski definition) is 0. The van der Waals surface area contributed by atoms with Gasteiger partial charge in [-0.15, -0.1) is 0 Å². The van der Waals surface area contributed by atoms with Crippen molar-refractivity contribution in [2.24, 2.45) is 0 Å². The van der Waals surface area contributed by atoms with Crippen LogP contribution in [0.25, 0.3) is 10.9 Å². The van der Waals surface area contributed by atoms with Crippen LogP contribution in [0.2, 0.25) is 5.02 Å². The molecule has 8 heteroatoms. The van der Waals surface area contributed by atoms with Gasteiger partial charge in [0, 0.05) is 25.2 Å². The fourth-order valence-corrected chi connectivity index (χ4v) is 2.84. The van der Waals surface area contributed by atoms with E-state index in [4.69, 9.17) is 21.2 Å². The van der Waals surface area contributed by atoms with Crippen LogP contribution in [-0.4, -0.2) is 41.5 Å². The Bertz CT molecular complexity index is 743. The van der Waals surface area contributed by atoms with E-state index in [1.165, 1.54) is 14.2 Å². The van der Waals surface area contributed by atoms with Gasteiger partial charge in [-0.2, -0.15) is 5.10 Å². The molecule has 23 heavy (non-hydrogen) atoms. The van der Waals surface area contributed by atoms with Gasteiger partial charge in [0.15, 0.2) is 0 Å². The standard InChI is InChI=1S/C15H17ClFN3O3/c1-19(22-2)15(21)9-7-11(17)13(16)14-10(9)8-20(18-14)12-5-3-4-6-23-12/h7-8,12H,3-6H2,1-2H3. The lowest BCUT2D eigenvalue weighted by Crippen LogP contribution is -2.25. The Morgan fingerprint density at radius 1 is 1.57 bits per heavy atom. The molecule has 3 rings (SSSR count). The molecule has 0 bridgehead atoms. The summed E-state index contributed by atoms with van der Waals surface area (Å²) >= 11 is 6.02. The maximum atomic E-state index is 14.1. The molecule has 1 aliphatic heterocycles. The van der Waals surface area contributed by atoms with E-state index in [2.05, 4.69) is 5.10 Å². The second-order valence-electron chi connectivity index (χ2n) is 5.40. The number of carbonyl (C=O) groups is 1. The lowest BCUT2D eigenvalue weighted by Gasteiger charge is -2.22. The van der Waals surface area contributed by atoms with Gasteiger partial charge in [0.2, 0.25) is 0 Å². The van der Waals surface area contributed by atoms with Crippen molar-refractivity contribution >= 4 is 28.4 Å². The molecule has 6 nitrogen and oxygen atoms in total. The minimum Gasteiger partial charge on any atom is -0.357 e. The van der Waals surface area contributed by atoms with Gasteiger partial charge in [0.25, 0.3) is 5.91 Å². The van der Waals surface area contributed by atoms with Gasteiger partial charge in [-0.05, 0) is 25.3 Å². The van der Waals surface area contributed by atoms with Crippen molar-refractivity contribution in [1.82, 2.24) is 14.8 Å². The Hall–Kier alpha value is -1.70. The van der Waals surface area contributed by atoms with Crippen LogP contribution in [0.1, 0.15) is 35.8 Å². The molecule has 0 radical (unpaired) electrons. The Balaban J connectivity index is 2.11.